The molecule has 0 aliphatic heterocycles. The highest BCUT2D eigenvalue weighted by Gasteiger charge is 2.15. The topological polar surface area (TPSA) is 53.4 Å². The van der Waals surface area contributed by atoms with Crippen LogP contribution < -0.4 is 0 Å². The molecule has 0 saturated carbocycles. The molecule has 140 valence electrons. The van der Waals surface area contributed by atoms with Crippen LogP contribution in [0.2, 0.25) is 0 Å². The third-order valence-electron chi connectivity index (χ3n) is 4.35. The summed E-state index contributed by atoms with van der Waals surface area (Å²) >= 11 is 0. The van der Waals surface area contributed by atoms with Crippen molar-refractivity contribution in [3.63, 3.8) is 0 Å². The molecule has 3 aromatic rings. The first-order chi connectivity index (χ1) is 13.0. The van der Waals surface area contributed by atoms with Crippen LogP contribution in [-0.2, 0) is 0 Å². The molecule has 0 spiro atoms. The van der Waals surface area contributed by atoms with Crippen molar-refractivity contribution in [2.45, 2.75) is 32.3 Å². The zero-order valence-electron chi connectivity index (χ0n) is 15.0. The molecule has 1 atom stereocenters. The van der Waals surface area contributed by atoms with Crippen LogP contribution in [0.25, 0.3) is 28.2 Å². The number of aromatic hydroxyl groups is 1. The van der Waals surface area contributed by atoms with Crippen LogP contribution in [0.3, 0.4) is 0 Å². The summed E-state index contributed by atoms with van der Waals surface area (Å²) in [6, 6.07) is 11.6. The van der Waals surface area contributed by atoms with E-state index in [-0.39, 0.29) is 11.7 Å². The summed E-state index contributed by atoms with van der Waals surface area (Å²) in [5.41, 5.74) is 2.01. The SMILES string of the molecule is CC(O)CCCC=Cc1ccc2nc(-c3ccc(O)c(F)c3F)ccc2c1. The Labute approximate surface area is 156 Å². The van der Waals surface area contributed by atoms with E-state index < -0.39 is 17.4 Å². The zero-order valence-corrected chi connectivity index (χ0v) is 15.0. The molecular weight excluding hydrogens is 348 g/mol. The number of aromatic nitrogens is 1. The summed E-state index contributed by atoms with van der Waals surface area (Å²) in [5.74, 6) is -3.11. The maximum atomic E-state index is 14.1. The predicted octanol–water partition coefficient (Wildman–Crippen LogP) is 5.45. The number of nitrogens with zero attached hydrogens (tertiary/aromatic N) is 1. The average molecular weight is 369 g/mol. The van der Waals surface area contributed by atoms with Gasteiger partial charge in [0.2, 0.25) is 5.82 Å². The molecule has 1 unspecified atom stereocenters. The number of allylic oxidation sites excluding steroid dienone is 1. The van der Waals surface area contributed by atoms with E-state index in [1.165, 1.54) is 6.07 Å². The molecule has 0 amide bonds. The van der Waals surface area contributed by atoms with E-state index in [1.807, 2.05) is 30.3 Å². The summed E-state index contributed by atoms with van der Waals surface area (Å²) in [4.78, 5) is 4.41. The van der Waals surface area contributed by atoms with Crippen LogP contribution in [0.5, 0.6) is 5.75 Å². The number of aliphatic hydroxyl groups excluding tert-OH is 1. The van der Waals surface area contributed by atoms with Crippen molar-refractivity contribution in [3.8, 4) is 17.0 Å². The molecule has 2 N–H and O–H groups in total. The fraction of sp³-hybridized carbons (Fsp3) is 0.227. The lowest BCUT2D eigenvalue weighted by Gasteiger charge is -2.07. The van der Waals surface area contributed by atoms with E-state index >= 15 is 0 Å². The van der Waals surface area contributed by atoms with Gasteiger partial charge in [0.15, 0.2) is 11.6 Å². The Morgan fingerprint density at radius 2 is 1.89 bits per heavy atom. The van der Waals surface area contributed by atoms with Crippen LogP contribution >= 0.6 is 0 Å². The lowest BCUT2D eigenvalue weighted by Crippen LogP contribution is -1.97. The van der Waals surface area contributed by atoms with Crippen LogP contribution in [0, 0.1) is 11.6 Å². The molecule has 0 bridgehead atoms. The van der Waals surface area contributed by atoms with E-state index in [0.717, 1.165) is 36.3 Å². The lowest BCUT2D eigenvalue weighted by molar-refractivity contribution is 0.182. The molecule has 0 aliphatic carbocycles. The Kier molecular flexibility index (Phi) is 5.81. The first-order valence-electron chi connectivity index (χ1n) is 8.88. The van der Waals surface area contributed by atoms with Gasteiger partial charge in [-0.1, -0.05) is 24.3 Å². The van der Waals surface area contributed by atoms with Crippen LogP contribution in [0.4, 0.5) is 8.78 Å². The summed E-state index contributed by atoms with van der Waals surface area (Å²) in [5, 5.41) is 19.4. The van der Waals surface area contributed by atoms with Gasteiger partial charge < -0.3 is 10.2 Å². The molecule has 1 aromatic heterocycles. The molecule has 0 radical (unpaired) electrons. The van der Waals surface area contributed by atoms with Crippen LogP contribution in [0.15, 0.2) is 48.5 Å². The second-order valence-corrected chi connectivity index (χ2v) is 6.59. The minimum atomic E-state index is -1.27. The number of benzene rings is 2. The van der Waals surface area contributed by atoms with E-state index in [0.29, 0.717) is 11.2 Å². The minimum absolute atomic E-state index is 0.00860. The summed E-state index contributed by atoms with van der Waals surface area (Å²) in [6.45, 7) is 1.78. The molecule has 2 aromatic carbocycles. The number of aliphatic hydroxyl groups is 1. The average Bonchev–Trinajstić information content (AvgIpc) is 2.65. The predicted molar refractivity (Wildman–Crippen MR) is 103 cm³/mol. The van der Waals surface area contributed by atoms with Crippen molar-refractivity contribution in [1.29, 1.82) is 0 Å². The minimum Gasteiger partial charge on any atom is -0.505 e. The van der Waals surface area contributed by atoms with E-state index in [2.05, 4.69) is 11.1 Å². The van der Waals surface area contributed by atoms with Gasteiger partial charge in [0.25, 0.3) is 0 Å². The number of phenols is 1. The Morgan fingerprint density at radius 1 is 1.07 bits per heavy atom. The van der Waals surface area contributed by atoms with Gasteiger partial charge >= 0.3 is 0 Å². The van der Waals surface area contributed by atoms with Crippen molar-refractivity contribution in [3.05, 3.63) is 65.7 Å². The number of hydrogen-bond acceptors (Lipinski definition) is 3. The van der Waals surface area contributed by atoms with Gasteiger partial charge in [-0.2, -0.15) is 4.39 Å². The number of rotatable bonds is 6. The zero-order chi connectivity index (χ0) is 19.4. The van der Waals surface area contributed by atoms with Crippen LogP contribution in [0.1, 0.15) is 31.7 Å². The second kappa shape index (κ2) is 8.27. The van der Waals surface area contributed by atoms with E-state index in [4.69, 9.17) is 0 Å². The summed E-state index contributed by atoms with van der Waals surface area (Å²) in [6.07, 6.45) is 6.42. The van der Waals surface area contributed by atoms with Gasteiger partial charge in [-0.05, 0) is 62.1 Å². The smallest absolute Gasteiger partial charge is 0.201 e. The van der Waals surface area contributed by atoms with Gasteiger partial charge in [-0.25, -0.2) is 9.37 Å². The van der Waals surface area contributed by atoms with Gasteiger partial charge in [0.05, 0.1) is 17.3 Å². The molecule has 3 nitrogen and oxygen atoms in total. The molecule has 5 heteroatoms. The van der Waals surface area contributed by atoms with Crippen molar-refractivity contribution in [2.75, 3.05) is 0 Å². The molecule has 0 aliphatic rings. The van der Waals surface area contributed by atoms with Crippen molar-refractivity contribution < 1.29 is 19.0 Å². The first-order valence-corrected chi connectivity index (χ1v) is 8.88. The molecule has 1 heterocycles. The maximum Gasteiger partial charge on any atom is 0.201 e. The van der Waals surface area contributed by atoms with Crippen molar-refractivity contribution in [1.82, 2.24) is 4.98 Å². The Bertz CT molecular complexity index is 983. The number of phenolic OH excluding ortho intramolecular Hbond substituents is 1. The Hall–Kier alpha value is -2.79. The fourth-order valence-electron chi connectivity index (χ4n) is 2.89. The van der Waals surface area contributed by atoms with Gasteiger partial charge in [-0.3, -0.25) is 0 Å². The summed E-state index contributed by atoms with van der Waals surface area (Å²) < 4.78 is 27.7. The number of hydrogen-bond donors (Lipinski definition) is 2. The monoisotopic (exact) mass is 369 g/mol. The standard InChI is InChI=1S/C22H21F2NO2/c1-14(26)5-3-2-4-6-15-7-10-18-16(13-15)8-11-19(25-18)17-9-12-20(27)22(24)21(17)23/h4,6-14,26-27H,2-3,5H2,1H3. The maximum absolute atomic E-state index is 14.1. The summed E-state index contributed by atoms with van der Waals surface area (Å²) in [7, 11) is 0. The molecule has 0 saturated heterocycles. The third kappa shape index (κ3) is 4.49. The largest absolute Gasteiger partial charge is 0.505 e. The number of halogens is 2. The molecular formula is C22H21F2NO2. The van der Waals surface area contributed by atoms with E-state index in [9.17, 15) is 19.0 Å². The van der Waals surface area contributed by atoms with Gasteiger partial charge in [-0.15, -0.1) is 0 Å². The van der Waals surface area contributed by atoms with Crippen molar-refractivity contribution >= 4 is 17.0 Å². The Morgan fingerprint density at radius 3 is 2.67 bits per heavy atom. The molecule has 0 fully saturated rings. The molecule has 3 rings (SSSR count). The second-order valence-electron chi connectivity index (χ2n) is 6.59. The quantitative estimate of drug-likeness (QED) is 0.568. The van der Waals surface area contributed by atoms with Gasteiger partial charge in [0.1, 0.15) is 0 Å². The van der Waals surface area contributed by atoms with Crippen LogP contribution in [-0.4, -0.2) is 21.3 Å². The van der Waals surface area contributed by atoms with E-state index in [1.54, 1.807) is 13.0 Å². The lowest BCUT2D eigenvalue weighted by atomic mass is 10.1. The third-order valence-corrected chi connectivity index (χ3v) is 4.35. The van der Waals surface area contributed by atoms with Gasteiger partial charge in [0, 0.05) is 10.9 Å². The van der Waals surface area contributed by atoms with Crippen molar-refractivity contribution in [2.24, 2.45) is 0 Å². The Balaban J connectivity index is 1.81. The normalized spacial score (nSPS) is 12.7. The highest BCUT2D eigenvalue weighted by molar-refractivity contribution is 5.84. The number of pyridine rings is 1. The highest BCUT2D eigenvalue weighted by atomic mass is 19.2. The number of unbranched alkanes of at least 4 members (excludes halogenated alkanes) is 1. The highest BCUT2D eigenvalue weighted by Crippen LogP contribution is 2.29. The fourth-order valence-corrected chi connectivity index (χ4v) is 2.89. The first kappa shape index (κ1) is 19.0. The molecule has 27 heavy (non-hydrogen) atoms. The number of fused-ring (bicyclic) bond motifs is 1.